The van der Waals surface area contributed by atoms with Gasteiger partial charge in [-0.1, -0.05) is 54.6 Å². The maximum Gasteiger partial charge on any atom is 0.191 e. The Morgan fingerprint density at radius 3 is 2.17 bits per heavy atom. The number of aliphatic imine (C=N–C) groups is 1. The molecule has 2 aromatic rings. The van der Waals surface area contributed by atoms with Crippen LogP contribution in [-0.2, 0) is 19.6 Å². The summed E-state index contributed by atoms with van der Waals surface area (Å²) in [6.45, 7) is 5.84. The molecule has 0 radical (unpaired) electrons. The Morgan fingerprint density at radius 2 is 1.53 bits per heavy atom. The molecule has 0 fully saturated rings. The third-order valence-electron chi connectivity index (χ3n) is 5.16. The van der Waals surface area contributed by atoms with Gasteiger partial charge in [0, 0.05) is 39.3 Å². The second-order valence-corrected chi connectivity index (χ2v) is 7.90. The Kier molecular flexibility index (Phi) is 12.7. The molecular formula is C24H38IN5. The van der Waals surface area contributed by atoms with Crippen molar-refractivity contribution < 1.29 is 0 Å². The summed E-state index contributed by atoms with van der Waals surface area (Å²) < 4.78 is 0. The van der Waals surface area contributed by atoms with E-state index in [1.807, 2.05) is 7.05 Å². The molecule has 2 N–H and O–H groups in total. The van der Waals surface area contributed by atoms with E-state index in [1.54, 1.807) is 0 Å². The molecule has 0 spiro atoms. The van der Waals surface area contributed by atoms with Crippen LogP contribution < -0.4 is 10.6 Å². The molecule has 166 valence electrons. The fraction of sp³-hybridized carbons (Fsp3) is 0.458. The first-order chi connectivity index (χ1) is 14.0. The molecule has 0 heterocycles. The highest BCUT2D eigenvalue weighted by molar-refractivity contribution is 14.0. The van der Waals surface area contributed by atoms with Gasteiger partial charge in [0.1, 0.15) is 0 Å². The van der Waals surface area contributed by atoms with Crippen molar-refractivity contribution in [3.8, 4) is 0 Å². The number of hydrogen-bond donors (Lipinski definition) is 2. The van der Waals surface area contributed by atoms with Gasteiger partial charge in [-0.25, -0.2) is 0 Å². The molecule has 2 rings (SSSR count). The lowest BCUT2D eigenvalue weighted by Crippen LogP contribution is -2.39. The average Bonchev–Trinajstić information content (AvgIpc) is 2.71. The van der Waals surface area contributed by atoms with Crippen molar-refractivity contribution in [2.75, 3.05) is 34.7 Å². The van der Waals surface area contributed by atoms with Gasteiger partial charge in [0.05, 0.1) is 0 Å². The van der Waals surface area contributed by atoms with Crippen LogP contribution in [0.2, 0.25) is 0 Å². The molecule has 1 unspecified atom stereocenters. The van der Waals surface area contributed by atoms with Crippen LogP contribution in [0.25, 0.3) is 0 Å². The third kappa shape index (κ3) is 9.45. The second kappa shape index (κ2) is 14.4. The molecule has 5 nitrogen and oxygen atoms in total. The molecule has 1 atom stereocenters. The summed E-state index contributed by atoms with van der Waals surface area (Å²) in [5.74, 6) is 0.850. The van der Waals surface area contributed by atoms with Crippen molar-refractivity contribution >= 4 is 29.9 Å². The number of nitrogens with one attached hydrogen (secondary N) is 2. The van der Waals surface area contributed by atoms with E-state index in [4.69, 9.17) is 0 Å². The Morgan fingerprint density at radius 1 is 0.900 bits per heavy atom. The van der Waals surface area contributed by atoms with Crippen LogP contribution in [0.3, 0.4) is 0 Å². The zero-order valence-corrected chi connectivity index (χ0v) is 21.4. The Labute approximate surface area is 200 Å². The van der Waals surface area contributed by atoms with Crippen molar-refractivity contribution in [1.82, 2.24) is 20.4 Å². The van der Waals surface area contributed by atoms with Crippen molar-refractivity contribution in [2.45, 2.75) is 39.0 Å². The van der Waals surface area contributed by atoms with E-state index in [9.17, 15) is 0 Å². The first-order valence-electron chi connectivity index (χ1n) is 10.4. The van der Waals surface area contributed by atoms with E-state index in [0.717, 1.165) is 38.6 Å². The maximum atomic E-state index is 4.37. The quantitative estimate of drug-likeness (QED) is 0.281. The summed E-state index contributed by atoms with van der Waals surface area (Å²) in [5.41, 5.74) is 4.00. The van der Waals surface area contributed by atoms with Crippen molar-refractivity contribution in [1.29, 1.82) is 0 Å². The summed E-state index contributed by atoms with van der Waals surface area (Å²) >= 11 is 0. The van der Waals surface area contributed by atoms with Gasteiger partial charge < -0.3 is 15.5 Å². The minimum atomic E-state index is 0. The van der Waals surface area contributed by atoms with Crippen LogP contribution in [0.5, 0.6) is 0 Å². The van der Waals surface area contributed by atoms with E-state index in [2.05, 4.69) is 108 Å². The summed E-state index contributed by atoms with van der Waals surface area (Å²) in [7, 11) is 8.21. The van der Waals surface area contributed by atoms with E-state index in [1.165, 1.54) is 16.7 Å². The van der Waals surface area contributed by atoms with Gasteiger partial charge >= 0.3 is 0 Å². The Balaban J connectivity index is 0.00000450. The zero-order valence-electron chi connectivity index (χ0n) is 19.1. The highest BCUT2D eigenvalue weighted by Crippen LogP contribution is 2.10. The minimum absolute atomic E-state index is 0. The molecule has 0 amide bonds. The second-order valence-electron chi connectivity index (χ2n) is 7.90. The summed E-state index contributed by atoms with van der Waals surface area (Å²) in [6, 6.07) is 19.7. The van der Waals surface area contributed by atoms with E-state index in [0.29, 0.717) is 6.04 Å². The number of hydrogen-bond acceptors (Lipinski definition) is 3. The van der Waals surface area contributed by atoms with Gasteiger partial charge in [0.25, 0.3) is 0 Å². The van der Waals surface area contributed by atoms with E-state index >= 15 is 0 Å². The lowest BCUT2D eigenvalue weighted by Gasteiger charge is -2.25. The standard InChI is InChI=1S/C24H37N5.HI/c1-20(29(5)18-21-11-7-6-8-12-21)15-16-26-24(25-2)27-17-22-13-9-10-14-23(22)19-28(3)4;/h6-14,20H,15-19H2,1-5H3,(H2,25,26,27);1H. The lowest BCUT2D eigenvalue weighted by atomic mass is 10.1. The van der Waals surface area contributed by atoms with Crippen LogP contribution in [0.4, 0.5) is 0 Å². The third-order valence-corrected chi connectivity index (χ3v) is 5.16. The van der Waals surface area contributed by atoms with E-state index in [-0.39, 0.29) is 24.0 Å². The summed E-state index contributed by atoms with van der Waals surface area (Å²) in [6.07, 6.45) is 1.06. The monoisotopic (exact) mass is 523 g/mol. The number of rotatable bonds is 10. The van der Waals surface area contributed by atoms with Crippen molar-refractivity contribution in [3.05, 3.63) is 71.3 Å². The molecule has 0 aliphatic carbocycles. The summed E-state index contributed by atoms with van der Waals surface area (Å²) in [4.78, 5) is 8.96. The Hall–Kier alpha value is -1.64. The van der Waals surface area contributed by atoms with E-state index < -0.39 is 0 Å². The Bertz CT molecular complexity index is 748. The zero-order chi connectivity index (χ0) is 21.1. The first kappa shape index (κ1) is 26.4. The fourth-order valence-electron chi connectivity index (χ4n) is 3.27. The number of nitrogens with zero attached hydrogens (tertiary/aromatic N) is 3. The van der Waals surface area contributed by atoms with Crippen LogP contribution in [0.1, 0.15) is 30.0 Å². The molecule has 0 aliphatic rings. The SMILES string of the molecule is CN=C(NCCC(C)N(C)Cc1ccccc1)NCc1ccccc1CN(C)C.I. The largest absolute Gasteiger partial charge is 0.356 e. The number of guanidine groups is 1. The molecule has 0 saturated heterocycles. The van der Waals surface area contributed by atoms with Crippen molar-refractivity contribution in [3.63, 3.8) is 0 Å². The van der Waals surface area contributed by atoms with Gasteiger partial charge in [0.2, 0.25) is 0 Å². The van der Waals surface area contributed by atoms with Gasteiger partial charge in [-0.2, -0.15) is 0 Å². The predicted molar refractivity (Wildman–Crippen MR) is 139 cm³/mol. The van der Waals surface area contributed by atoms with Gasteiger partial charge in [-0.05, 0) is 51.2 Å². The number of benzene rings is 2. The van der Waals surface area contributed by atoms with Gasteiger partial charge in [0.15, 0.2) is 5.96 Å². The maximum absolute atomic E-state index is 4.37. The van der Waals surface area contributed by atoms with Crippen LogP contribution in [0.15, 0.2) is 59.6 Å². The van der Waals surface area contributed by atoms with Gasteiger partial charge in [-0.15, -0.1) is 24.0 Å². The van der Waals surface area contributed by atoms with Crippen molar-refractivity contribution in [2.24, 2.45) is 4.99 Å². The molecule has 30 heavy (non-hydrogen) atoms. The average molecular weight is 524 g/mol. The number of halogens is 1. The predicted octanol–water partition coefficient (Wildman–Crippen LogP) is 3.94. The normalized spacial score (nSPS) is 12.6. The topological polar surface area (TPSA) is 42.9 Å². The molecule has 6 heteroatoms. The van der Waals surface area contributed by atoms with Crippen LogP contribution in [-0.4, -0.2) is 56.5 Å². The van der Waals surface area contributed by atoms with Crippen LogP contribution in [0, 0.1) is 0 Å². The highest BCUT2D eigenvalue weighted by atomic mass is 127. The molecule has 0 bridgehead atoms. The van der Waals surface area contributed by atoms with Crippen LogP contribution >= 0.6 is 24.0 Å². The molecule has 0 aliphatic heterocycles. The first-order valence-corrected chi connectivity index (χ1v) is 10.4. The molecule has 2 aromatic carbocycles. The summed E-state index contributed by atoms with van der Waals surface area (Å²) in [5, 5.41) is 6.90. The molecule has 0 aromatic heterocycles. The highest BCUT2D eigenvalue weighted by Gasteiger charge is 2.10. The molecule has 0 saturated carbocycles. The molecular weight excluding hydrogens is 485 g/mol. The minimum Gasteiger partial charge on any atom is -0.356 e. The van der Waals surface area contributed by atoms with Gasteiger partial charge in [-0.3, -0.25) is 9.89 Å². The lowest BCUT2D eigenvalue weighted by molar-refractivity contribution is 0.238. The fourth-order valence-corrected chi connectivity index (χ4v) is 3.27. The smallest absolute Gasteiger partial charge is 0.191 e.